The molecule has 0 saturated heterocycles. The van der Waals surface area contributed by atoms with E-state index in [0.717, 1.165) is 38.0 Å². The zero-order valence-corrected chi connectivity index (χ0v) is 12.0. The minimum absolute atomic E-state index is 0.553. The number of thiazole rings is 1. The molecule has 0 saturated carbocycles. The van der Waals surface area contributed by atoms with Crippen molar-refractivity contribution in [2.75, 3.05) is 7.11 Å². The highest BCUT2D eigenvalue weighted by atomic mass is 32.1. The second kappa shape index (κ2) is 5.08. The number of hydrogen-bond acceptors (Lipinski definition) is 4. The van der Waals surface area contributed by atoms with Crippen molar-refractivity contribution in [3.63, 3.8) is 0 Å². The lowest BCUT2D eigenvalue weighted by Gasteiger charge is -2.09. The van der Waals surface area contributed by atoms with Crippen molar-refractivity contribution in [3.8, 4) is 16.3 Å². The lowest BCUT2D eigenvalue weighted by molar-refractivity contribution is 0.408. The largest absolute Gasteiger partial charge is 0.496 e. The van der Waals surface area contributed by atoms with E-state index in [4.69, 9.17) is 10.5 Å². The van der Waals surface area contributed by atoms with Crippen molar-refractivity contribution in [1.29, 1.82) is 0 Å². The van der Waals surface area contributed by atoms with Crippen molar-refractivity contribution >= 4 is 11.3 Å². The number of nitrogens with two attached hydrogens (primary N) is 1. The topological polar surface area (TPSA) is 48.1 Å². The van der Waals surface area contributed by atoms with E-state index in [-0.39, 0.29) is 0 Å². The van der Waals surface area contributed by atoms with Gasteiger partial charge in [-0.3, -0.25) is 0 Å². The molecule has 4 heteroatoms. The van der Waals surface area contributed by atoms with Crippen molar-refractivity contribution in [2.45, 2.75) is 27.3 Å². The fraction of sp³-hybridized carbons (Fsp3) is 0.357. The summed E-state index contributed by atoms with van der Waals surface area (Å²) in [5, 5.41) is 1.03. The number of aromatic nitrogens is 1. The molecule has 0 amide bonds. The fourth-order valence-electron chi connectivity index (χ4n) is 2.14. The average Bonchev–Trinajstić information content (AvgIpc) is 2.70. The monoisotopic (exact) mass is 262 g/mol. The number of benzene rings is 1. The third-order valence-electron chi connectivity index (χ3n) is 2.99. The Morgan fingerprint density at radius 2 is 1.83 bits per heavy atom. The smallest absolute Gasteiger partial charge is 0.124 e. The number of methoxy groups -OCH3 is 1. The van der Waals surface area contributed by atoms with Crippen LogP contribution in [-0.2, 0) is 6.54 Å². The molecular formula is C14H18N2OS. The number of rotatable bonds is 3. The molecule has 2 aromatic rings. The van der Waals surface area contributed by atoms with Crippen molar-refractivity contribution < 1.29 is 4.74 Å². The van der Waals surface area contributed by atoms with Gasteiger partial charge in [-0.25, -0.2) is 4.98 Å². The SMILES string of the molecule is COc1c(C)cc(-c2nc(C)c(CN)s2)cc1C. The molecule has 2 N–H and O–H groups in total. The molecule has 2 rings (SSSR count). The first kappa shape index (κ1) is 13.1. The van der Waals surface area contributed by atoms with Crippen molar-refractivity contribution in [2.24, 2.45) is 5.73 Å². The van der Waals surface area contributed by atoms with E-state index in [1.807, 2.05) is 6.92 Å². The second-order valence-corrected chi connectivity index (χ2v) is 5.46. The Labute approximate surface area is 112 Å². The highest BCUT2D eigenvalue weighted by Crippen LogP contribution is 2.33. The lowest BCUT2D eigenvalue weighted by atomic mass is 10.1. The van der Waals surface area contributed by atoms with Crippen LogP contribution in [0.4, 0.5) is 0 Å². The molecule has 0 bridgehead atoms. The molecular weight excluding hydrogens is 244 g/mol. The highest BCUT2D eigenvalue weighted by molar-refractivity contribution is 7.15. The first-order valence-corrected chi connectivity index (χ1v) is 6.70. The van der Waals surface area contributed by atoms with Gasteiger partial charge >= 0.3 is 0 Å². The van der Waals surface area contributed by atoms with E-state index in [1.165, 1.54) is 0 Å². The Morgan fingerprint density at radius 1 is 1.22 bits per heavy atom. The van der Waals surface area contributed by atoms with E-state index < -0.39 is 0 Å². The predicted octanol–water partition coefficient (Wildman–Crippen LogP) is 3.20. The summed E-state index contributed by atoms with van der Waals surface area (Å²) in [5.41, 5.74) is 10.1. The van der Waals surface area contributed by atoms with Crippen molar-refractivity contribution in [1.82, 2.24) is 4.98 Å². The van der Waals surface area contributed by atoms with Crippen LogP contribution in [0.1, 0.15) is 21.7 Å². The molecule has 0 radical (unpaired) electrons. The molecule has 1 aromatic heterocycles. The van der Waals surface area contributed by atoms with Crippen LogP contribution in [-0.4, -0.2) is 12.1 Å². The third-order valence-corrected chi connectivity index (χ3v) is 4.22. The van der Waals surface area contributed by atoms with Crippen LogP contribution in [0.5, 0.6) is 5.75 Å². The van der Waals surface area contributed by atoms with Crippen LogP contribution in [0, 0.1) is 20.8 Å². The zero-order valence-electron chi connectivity index (χ0n) is 11.2. The van der Waals surface area contributed by atoms with Crippen LogP contribution in [0.3, 0.4) is 0 Å². The van der Waals surface area contributed by atoms with Gasteiger partial charge < -0.3 is 10.5 Å². The molecule has 1 aromatic carbocycles. The number of ether oxygens (including phenoxy) is 1. The van der Waals surface area contributed by atoms with E-state index in [9.17, 15) is 0 Å². The van der Waals surface area contributed by atoms with E-state index in [1.54, 1.807) is 18.4 Å². The molecule has 0 atom stereocenters. The Morgan fingerprint density at radius 3 is 2.28 bits per heavy atom. The summed E-state index contributed by atoms with van der Waals surface area (Å²) in [6, 6.07) is 4.23. The number of aryl methyl sites for hydroxylation is 3. The third kappa shape index (κ3) is 2.26. The van der Waals surface area contributed by atoms with Gasteiger partial charge in [0.25, 0.3) is 0 Å². The summed E-state index contributed by atoms with van der Waals surface area (Å²) >= 11 is 1.67. The summed E-state index contributed by atoms with van der Waals surface area (Å²) in [6.07, 6.45) is 0. The van der Waals surface area contributed by atoms with E-state index in [0.29, 0.717) is 6.54 Å². The summed E-state index contributed by atoms with van der Waals surface area (Å²) in [7, 11) is 1.70. The van der Waals surface area contributed by atoms with E-state index in [2.05, 4.69) is 31.0 Å². The van der Waals surface area contributed by atoms with Gasteiger partial charge in [-0.2, -0.15) is 0 Å². The first-order chi connectivity index (χ1) is 8.56. The molecule has 18 heavy (non-hydrogen) atoms. The molecule has 0 aliphatic carbocycles. The quantitative estimate of drug-likeness (QED) is 0.924. The van der Waals surface area contributed by atoms with Gasteiger partial charge in [0, 0.05) is 17.0 Å². The van der Waals surface area contributed by atoms with E-state index >= 15 is 0 Å². The van der Waals surface area contributed by atoms with Gasteiger partial charge in [0.2, 0.25) is 0 Å². The molecule has 1 heterocycles. The number of hydrogen-bond donors (Lipinski definition) is 1. The maximum absolute atomic E-state index is 5.70. The first-order valence-electron chi connectivity index (χ1n) is 5.88. The average molecular weight is 262 g/mol. The Kier molecular flexibility index (Phi) is 3.68. The second-order valence-electron chi connectivity index (χ2n) is 4.38. The molecule has 0 aliphatic rings. The Hall–Kier alpha value is -1.39. The molecule has 0 spiro atoms. The van der Waals surface area contributed by atoms with Crippen LogP contribution >= 0.6 is 11.3 Å². The van der Waals surface area contributed by atoms with Gasteiger partial charge in [-0.15, -0.1) is 11.3 Å². The number of nitrogens with zero attached hydrogens (tertiary/aromatic N) is 1. The fourth-order valence-corrected chi connectivity index (χ4v) is 3.06. The van der Waals surface area contributed by atoms with Gasteiger partial charge in [0.05, 0.1) is 12.8 Å². The molecule has 0 aliphatic heterocycles. The van der Waals surface area contributed by atoms with Gasteiger partial charge in [0.1, 0.15) is 10.8 Å². The normalized spacial score (nSPS) is 10.7. The van der Waals surface area contributed by atoms with Crippen molar-refractivity contribution in [3.05, 3.63) is 33.8 Å². The minimum Gasteiger partial charge on any atom is -0.496 e. The van der Waals surface area contributed by atoms with Crippen LogP contribution < -0.4 is 10.5 Å². The van der Waals surface area contributed by atoms with Crippen LogP contribution in [0.25, 0.3) is 10.6 Å². The summed E-state index contributed by atoms with van der Waals surface area (Å²) in [4.78, 5) is 5.74. The van der Waals surface area contributed by atoms with Gasteiger partial charge in [0.15, 0.2) is 0 Å². The minimum atomic E-state index is 0.553. The maximum Gasteiger partial charge on any atom is 0.124 e. The summed E-state index contributed by atoms with van der Waals surface area (Å²) in [5.74, 6) is 0.950. The molecule has 96 valence electrons. The maximum atomic E-state index is 5.70. The van der Waals surface area contributed by atoms with Crippen LogP contribution in [0.15, 0.2) is 12.1 Å². The van der Waals surface area contributed by atoms with Crippen LogP contribution in [0.2, 0.25) is 0 Å². The molecule has 0 fully saturated rings. The Balaban J connectivity index is 2.51. The summed E-state index contributed by atoms with van der Waals surface area (Å²) in [6.45, 7) is 6.67. The standard InChI is InChI=1S/C14H18N2OS/c1-8-5-11(6-9(2)13(8)17-4)14-16-10(3)12(7-15)18-14/h5-6H,7,15H2,1-4H3. The Bertz CT molecular complexity index is 552. The predicted molar refractivity (Wildman–Crippen MR) is 76.2 cm³/mol. The highest BCUT2D eigenvalue weighted by Gasteiger charge is 2.11. The summed E-state index contributed by atoms with van der Waals surface area (Å²) < 4.78 is 5.38. The van der Waals surface area contributed by atoms with Gasteiger partial charge in [-0.05, 0) is 44.0 Å². The lowest BCUT2D eigenvalue weighted by Crippen LogP contribution is -1.94. The zero-order chi connectivity index (χ0) is 13.3. The van der Waals surface area contributed by atoms with Gasteiger partial charge in [-0.1, -0.05) is 0 Å². The molecule has 0 unspecified atom stereocenters. The molecule has 3 nitrogen and oxygen atoms in total.